The highest BCUT2D eigenvalue weighted by atomic mass is 19.3. The van der Waals surface area contributed by atoms with Crippen LogP contribution in [0.1, 0.15) is 12.6 Å². The molecule has 0 amide bonds. The maximum Gasteiger partial charge on any atom is 0.251 e. The Kier molecular flexibility index (Phi) is 4.52. The molecule has 3 nitrogen and oxygen atoms in total. The van der Waals surface area contributed by atoms with E-state index in [9.17, 15) is 8.78 Å². The van der Waals surface area contributed by atoms with Gasteiger partial charge in [-0.05, 0) is 18.6 Å². The van der Waals surface area contributed by atoms with Crippen LogP contribution in [0, 0.1) is 0 Å². The number of alkyl halides is 2. The summed E-state index contributed by atoms with van der Waals surface area (Å²) in [6.07, 6.45) is -1.36. The van der Waals surface area contributed by atoms with Crippen molar-refractivity contribution in [1.29, 1.82) is 0 Å². The highest BCUT2D eigenvalue weighted by molar-refractivity contribution is 5.92. The quantitative estimate of drug-likeness (QED) is 0.865. The summed E-state index contributed by atoms with van der Waals surface area (Å²) in [7, 11) is 0. The molecule has 5 heteroatoms. The van der Waals surface area contributed by atoms with Crippen LogP contribution in [-0.2, 0) is 6.42 Å². The summed E-state index contributed by atoms with van der Waals surface area (Å²) in [5.41, 5.74) is 3.26. The first-order chi connectivity index (χ1) is 10.7. The van der Waals surface area contributed by atoms with Gasteiger partial charge >= 0.3 is 0 Å². The van der Waals surface area contributed by atoms with E-state index in [0.29, 0.717) is 13.1 Å². The normalized spacial score (nSPS) is 16.6. The zero-order valence-electron chi connectivity index (χ0n) is 12.8. The largest absolute Gasteiger partial charge is 0.368 e. The molecular weight excluding hydrogens is 284 g/mol. The summed E-state index contributed by atoms with van der Waals surface area (Å²) >= 11 is 0. The summed E-state index contributed by atoms with van der Waals surface area (Å²) in [5.74, 6) is 0. The first-order valence-electron chi connectivity index (χ1n) is 7.81. The van der Waals surface area contributed by atoms with Crippen molar-refractivity contribution in [3.8, 4) is 0 Å². The average Bonchev–Trinajstić information content (AvgIpc) is 2.54. The molecule has 1 aromatic carbocycles. The molecule has 1 aliphatic heterocycles. The van der Waals surface area contributed by atoms with Crippen LogP contribution in [0.3, 0.4) is 0 Å². The molecule has 1 saturated heterocycles. The van der Waals surface area contributed by atoms with Gasteiger partial charge in [0.15, 0.2) is 0 Å². The molecule has 0 radical (unpaired) electrons. The van der Waals surface area contributed by atoms with Crippen molar-refractivity contribution in [2.75, 3.05) is 37.6 Å². The molecule has 1 aromatic heterocycles. The van der Waals surface area contributed by atoms with Gasteiger partial charge in [-0.1, -0.05) is 25.1 Å². The average molecular weight is 305 g/mol. The molecule has 118 valence electrons. The fourth-order valence-electron chi connectivity index (χ4n) is 3.02. The van der Waals surface area contributed by atoms with E-state index >= 15 is 0 Å². The summed E-state index contributed by atoms with van der Waals surface area (Å²) in [4.78, 5) is 8.80. The van der Waals surface area contributed by atoms with Gasteiger partial charge in [-0.2, -0.15) is 0 Å². The van der Waals surface area contributed by atoms with Crippen molar-refractivity contribution in [2.45, 2.75) is 19.8 Å². The lowest BCUT2D eigenvalue weighted by Gasteiger charge is -2.36. The molecule has 1 aliphatic rings. The van der Waals surface area contributed by atoms with Crippen LogP contribution < -0.4 is 4.90 Å². The molecule has 1 fully saturated rings. The van der Waals surface area contributed by atoms with Crippen molar-refractivity contribution >= 4 is 16.6 Å². The SMILES string of the molecule is CCc1cc(N2CCN(CC(F)F)CC2)c2ccccc2n1. The summed E-state index contributed by atoms with van der Waals surface area (Å²) < 4.78 is 25.0. The van der Waals surface area contributed by atoms with Gasteiger partial charge < -0.3 is 4.90 Å². The molecule has 2 heterocycles. The lowest BCUT2D eigenvalue weighted by atomic mass is 10.1. The first-order valence-corrected chi connectivity index (χ1v) is 7.81. The predicted octanol–water partition coefficient (Wildman–Crippen LogP) is 3.18. The Morgan fingerprint density at radius 3 is 2.55 bits per heavy atom. The molecule has 0 bridgehead atoms. The molecule has 0 unspecified atom stereocenters. The number of anilines is 1. The van der Waals surface area contributed by atoms with Crippen molar-refractivity contribution < 1.29 is 8.78 Å². The highest BCUT2D eigenvalue weighted by Gasteiger charge is 2.21. The van der Waals surface area contributed by atoms with Gasteiger partial charge in [0.2, 0.25) is 0 Å². The number of aromatic nitrogens is 1. The fraction of sp³-hybridized carbons (Fsp3) is 0.471. The van der Waals surface area contributed by atoms with Crippen LogP contribution in [0.15, 0.2) is 30.3 Å². The van der Waals surface area contributed by atoms with E-state index in [0.717, 1.165) is 36.1 Å². The van der Waals surface area contributed by atoms with Crippen LogP contribution in [0.25, 0.3) is 10.9 Å². The smallest absolute Gasteiger partial charge is 0.251 e. The van der Waals surface area contributed by atoms with Crippen molar-refractivity contribution in [2.24, 2.45) is 0 Å². The summed E-state index contributed by atoms with van der Waals surface area (Å²) in [6, 6.07) is 10.3. The molecule has 3 rings (SSSR count). The van der Waals surface area contributed by atoms with E-state index in [1.165, 1.54) is 5.69 Å². The lowest BCUT2D eigenvalue weighted by Crippen LogP contribution is -2.47. The van der Waals surface area contributed by atoms with Gasteiger partial charge in [0.1, 0.15) is 0 Å². The van der Waals surface area contributed by atoms with Crippen LogP contribution in [0.4, 0.5) is 14.5 Å². The fourth-order valence-corrected chi connectivity index (χ4v) is 3.02. The van der Waals surface area contributed by atoms with Crippen LogP contribution in [0.2, 0.25) is 0 Å². The number of rotatable bonds is 4. The topological polar surface area (TPSA) is 19.4 Å². The molecule has 0 saturated carbocycles. The standard InChI is InChI=1S/C17H21F2N3/c1-2-13-11-16(14-5-3-4-6-15(14)20-13)22-9-7-21(8-10-22)12-17(18)19/h3-6,11,17H,2,7-10,12H2,1H3. The molecular formula is C17H21F2N3. The van der Waals surface area contributed by atoms with Crippen molar-refractivity contribution in [1.82, 2.24) is 9.88 Å². The second-order valence-corrected chi connectivity index (χ2v) is 5.68. The monoisotopic (exact) mass is 305 g/mol. The van der Waals surface area contributed by atoms with Gasteiger partial charge in [-0.3, -0.25) is 9.88 Å². The number of aryl methyl sites for hydroxylation is 1. The number of halogens is 2. The van der Waals surface area contributed by atoms with Crippen molar-refractivity contribution in [3.05, 3.63) is 36.0 Å². The second kappa shape index (κ2) is 6.57. The molecule has 2 aromatic rings. The van der Waals surface area contributed by atoms with Gasteiger partial charge in [0.25, 0.3) is 6.43 Å². The Morgan fingerprint density at radius 1 is 1.14 bits per heavy atom. The Bertz CT molecular complexity index is 637. The Balaban J connectivity index is 1.84. The molecule has 0 N–H and O–H groups in total. The van der Waals surface area contributed by atoms with Gasteiger partial charge in [-0.25, -0.2) is 8.78 Å². The second-order valence-electron chi connectivity index (χ2n) is 5.68. The van der Waals surface area contributed by atoms with Gasteiger partial charge in [0.05, 0.1) is 12.1 Å². The highest BCUT2D eigenvalue weighted by Crippen LogP contribution is 2.28. The zero-order chi connectivity index (χ0) is 15.5. The van der Waals surface area contributed by atoms with E-state index in [2.05, 4.69) is 28.9 Å². The van der Waals surface area contributed by atoms with Crippen LogP contribution in [-0.4, -0.2) is 49.0 Å². The van der Waals surface area contributed by atoms with Gasteiger partial charge in [-0.15, -0.1) is 0 Å². The number of nitrogens with zero attached hydrogens (tertiary/aromatic N) is 3. The molecule has 0 atom stereocenters. The van der Waals surface area contributed by atoms with E-state index in [1.54, 1.807) is 0 Å². The number of hydrogen-bond donors (Lipinski definition) is 0. The summed E-state index contributed by atoms with van der Waals surface area (Å²) in [6.45, 7) is 4.91. The van der Waals surface area contributed by atoms with E-state index in [-0.39, 0.29) is 6.54 Å². The lowest BCUT2D eigenvalue weighted by molar-refractivity contribution is 0.0854. The van der Waals surface area contributed by atoms with Crippen molar-refractivity contribution in [3.63, 3.8) is 0 Å². The van der Waals surface area contributed by atoms with Crippen LogP contribution in [0.5, 0.6) is 0 Å². The Morgan fingerprint density at radius 2 is 1.86 bits per heavy atom. The van der Waals surface area contributed by atoms with Gasteiger partial charge in [0, 0.05) is 42.9 Å². The first kappa shape index (κ1) is 15.2. The number of pyridine rings is 1. The minimum atomic E-state index is -2.25. The minimum absolute atomic E-state index is 0.120. The minimum Gasteiger partial charge on any atom is -0.368 e. The van der Waals surface area contributed by atoms with E-state index in [4.69, 9.17) is 0 Å². The number of fused-ring (bicyclic) bond motifs is 1. The third kappa shape index (κ3) is 3.19. The number of benzene rings is 1. The number of para-hydroxylation sites is 1. The zero-order valence-corrected chi connectivity index (χ0v) is 12.8. The van der Waals surface area contributed by atoms with E-state index in [1.807, 2.05) is 23.1 Å². The third-order valence-corrected chi connectivity index (χ3v) is 4.22. The molecule has 0 aliphatic carbocycles. The predicted molar refractivity (Wildman–Crippen MR) is 85.8 cm³/mol. The third-order valence-electron chi connectivity index (χ3n) is 4.22. The van der Waals surface area contributed by atoms with E-state index < -0.39 is 6.43 Å². The maximum atomic E-state index is 12.5. The Hall–Kier alpha value is -1.75. The molecule has 0 spiro atoms. The summed E-state index contributed by atoms with van der Waals surface area (Å²) in [5, 5.41) is 1.14. The number of piperazine rings is 1. The molecule has 22 heavy (non-hydrogen) atoms. The Labute approximate surface area is 129 Å². The number of hydrogen-bond acceptors (Lipinski definition) is 3. The maximum absolute atomic E-state index is 12.5. The van der Waals surface area contributed by atoms with Crippen LogP contribution >= 0.6 is 0 Å².